The molecule has 0 radical (unpaired) electrons. The Morgan fingerprint density at radius 2 is 0.943 bits per heavy atom. The summed E-state index contributed by atoms with van der Waals surface area (Å²) in [5.74, 6) is -0.762. The number of nitro groups is 1. The minimum atomic E-state index is -1.00. The highest BCUT2D eigenvalue weighted by Gasteiger charge is 2.23. The number of nitro benzene ring substituents is 1. The number of ether oxygens (including phenoxy) is 5. The molecule has 0 amide bonds. The zero-order valence-corrected chi connectivity index (χ0v) is 43.9. The second-order valence-corrected chi connectivity index (χ2v) is 18.9. The fraction of sp³-hybridized carbons (Fsp3) is 0.690. The summed E-state index contributed by atoms with van der Waals surface area (Å²) in [4.78, 5) is 62.1. The number of benzene rings is 1. The minimum absolute atomic E-state index is 0.0866. The van der Waals surface area contributed by atoms with Crippen LogP contribution >= 0.6 is 0 Å². The van der Waals surface area contributed by atoms with Crippen molar-refractivity contribution < 1.29 is 47.8 Å². The van der Waals surface area contributed by atoms with Crippen molar-refractivity contribution in [1.29, 1.82) is 0 Å². The molecule has 12 nitrogen and oxygen atoms in total. The molecule has 0 aliphatic carbocycles. The first kappa shape index (κ1) is 63.3. The number of carbonyl (C=O) groups is 4. The molecule has 1 aromatic carbocycles. The van der Waals surface area contributed by atoms with Crippen LogP contribution in [0.5, 0.6) is 5.75 Å². The molecule has 1 aromatic rings. The number of hydrogen-bond donors (Lipinski definition) is 0. The van der Waals surface area contributed by atoms with Gasteiger partial charge in [0.1, 0.15) is 25.1 Å². The standard InChI is InChI=1S/C58H93NO11/c1-5-7-9-11-13-15-17-19-21-23-25-27-29-31-36-40-55(60)66-48-54(49-67-56(61)41-37-32-30-28-26-24-22-20-18-16-14-12-10-8-6-2)68-57(62)47-46-52(39-35-33-34-38-50(3)4)69-58(63)70-53-44-42-51(43-45-53)59(64)65/h13-16,19-22,42-45,50,52,54H,5-12,17-18,23-41,46-49H2,1-4H3/b15-13-,16-14-,21-19-,22-20-. The lowest BCUT2D eigenvalue weighted by Crippen LogP contribution is -2.31. The van der Waals surface area contributed by atoms with Crippen LogP contribution in [0, 0.1) is 16.0 Å². The van der Waals surface area contributed by atoms with E-state index < -0.39 is 41.2 Å². The Morgan fingerprint density at radius 1 is 0.500 bits per heavy atom. The number of non-ortho nitro benzene ring substituents is 1. The predicted octanol–water partition coefficient (Wildman–Crippen LogP) is 16.5. The molecule has 0 aromatic heterocycles. The van der Waals surface area contributed by atoms with E-state index in [-0.39, 0.29) is 50.3 Å². The Labute approximate surface area is 423 Å². The van der Waals surface area contributed by atoms with E-state index in [2.05, 4.69) is 76.3 Å². The molecule has 0 aliphatic rings. The Bertz CT molecular complexity index is 1550. The highest BCUT2D eigenvalue weighted by Crippen LogP contribution is 2.21. The van der Waals surface area contributed by atoms with Gasteiger partial charge in [-0.15, -0.1) is 0 Å². The van der Waals surface area contributed by atoms with Gasteiger partial charge in [0.15, 0.2) is 6.10 Å². The molecule has 0 bridgehead atoms. The molecule has 0 saturated carbocycles. The second kappa shape index (κ2) is 45.4. The molecular formula is C58H93NO11. The summed E-state index contributed by atoms with van der Waals surface area (Å²) in [6, 6.07) is 5.08. The van der Waals surface area contributed by atoms with Crippen molar-refractivity contribution in [2.24, 2.45) is 5.92 Å². The van der Waals surface area contributed by atoms with E-state index in [4.69, 9.17) is 23.7 Å². The highest BCUT2D eigenvalue weighted by atomic mass is 16.7. The van der Waals surface area contributed by atoms with Crippen molar-refractivity contribution in [3.05, 3.63) is 83.0 Å². The van der Waals surface area contributed by atoms with E-state index in [1.54, 1.807) is 0 Å². The monoisotopic (exact) mass is 980 g/mol. The third-order valence-corrected chi connectivity index (χ3v) is 11.8. The molecule has 0 fully saturated rings. The fourth-order valence-corrected chi connectivity index (χ4v) is 7.57. The van der Waals surface area contributed by atoms with Crippen LogP contribution in [0.3, 0.4) is 0 Å². The van der Waals surface area contributed by atoms with E-state index in [0.717, 1.165) is 116 Å². The zero-order valence-electron chi connectivity index (χ0n) is 43.9. The van der Waals surface area contributed by atoms with Gasteiger partial charge in [0.2, 0.25) is 0 Å². The molecule has 0 saturated heterocycles. The first-order chi connectivity index (χ1) is 34.0. The summed E-state index contributed by atoms with van der Waals surface area (Å²) < 4.78 is 27.7. The van der Waals surface area contributed by atoms with E-state index in [0.29, 0.717) is 25.2 Å². The van der Waals surface area contributed by atoms with Gasteiger partial charge >= 0.3 is 24.1 Å². The van der Waals surface area contributed by atoms with E-state index in [1.807, 2.05) is 0 Å². The van der Waals surface area contributed by atoms with Gasteiger partial charge in [-0.1, -0.05) is 160 Å². The van der Waals surface area contributed by atoms with Crippen LogP contribution in [0.4, 0.5) is 10.5 Å². The van der Waals surface area contributed by atoms with Gasteiger partial charge in [0, 0.05) is 31.4 Å². The number of hydrogen-bond acceptors (Lipinski definition) is 11. The number of carbonyl (C=O) groups excluding carboxylic acids is 4. The van der Waals surface area contributed by atoms with Crippen molar-refractivity contribution in [2.45, 2.75) is 239 Å². The second-order valence-electron chi connectivity index (χ2n) is 18.9. The molecule has 1 unspecified atom stereocenters. The van der Waals surface area contributed by atoms with Gasteiger partial charge in [-0.25, -0.2) is 4.79 Å². The van der Waals surface area contributed by atoms with Crippen LogP contribution in [0.15, 0.2) is 72.9 Å². The van der Waals surface area contributed by atoms with Crippen LogP contribution in [-0.4, -0.2) is 54.4 Å². The molecule has 1 rings (SSSR count). The van der Waals surface area contributed by atoms with Crippen LogP contribution < -0.4 is 4.74 Å². The zero-order chi connectivity index (χ0) is 51.1. The van der Waals surface area contributed by atoms with Crippen molar-refractivity contribution in [3.8, 4) is 5.75 Å². The Hall–Kier alpha value is -4.74. The average Bonchev–Trinajstić information content (AvgIpc) is 3.33. The lowest BCUT2D eigenvalue weighted by Gasteiger charge is -2.20. The smallest absolute Gasteiger partial charge is 0.462 e. The lowest BCUT2D eigenvalue weighted by atomic mass is 10.0. The molecule has 0 N–H and O–H groups in total. The Kier molecular flexibility index (Phi) is 41.0. The van der Waals surface area contributed by atoms with Crippen molar-refractivity contribution in [1.82, 2.24) is 0 Å². The maximum absolute atomic E-state index is 13.3. The maximum Gasteiger partial charge on any atom is 0.514 e. The fourth-order valence-electron chi connectivity index (χ4n) is 7.57. The van der Waals surface area contributed by atoms with Crippen molar-refractivity contribution in [3.63, 3.8) is 0 Å². The number of esters is 3. The number of nitrogens with zero attached hydrogens (tertiary/aromatic N) is 1. The Morgan fingerprint density at radius 3 is 1.41 bits per heavy atom. The summed E-state index contributed by atoms with van der Waals surface area (Å²) in [6.45, 7) is 8.27. The van der Waals surface area contributed by atoms with Crippen LogP contribution in [0.1, 0.15) is 227 Å². The molecule has 12 heteroatoms. The highest BCUT2D eigenvalue weighted by molar-refractivity contribution is 5.71. The van der Waals surface area contributed by atoms with Gasteiger partial charge in [-0.3, -0.25) is 24.5 Å². The number of unbranched alkanes of at least 4 members (excludes halogenated alkanes) is 18. The van der Waals surface area contributed by atoms with Gasteiger partial charge in [-0.05, 0) is 114 Å². The van der Waals surface area contributed by atoms with Gasteiger partial charge in [0.25, 0.3) is 5.69 Å². The lowest BCUT2D eigenvalue weighted by molar-refractivity contribution is -0.384. The van der Waals surface area contributed by atoms with E-state index in [1.165, 1.54) is 62.8 Å². The summed E-state index contributed by atoms with van der Waals surface area (Å²) in [5, 5.41) is 11.0. The van der Waals surface area contributed by atoms with Crippen molar-refractivity contribution >= 4 is 29.8 Å². The van der Waals surface area contributed by atoms with Crippen LogP contribution in [-0.2, 0) is 33.3 Å². The molecule has 0 aliphatic heterocycles. The van der Waals surface area contributed by atoms with E-state index >= 15 is 0 Å². The molecular weight excluding hydrogens is 887 g/mol. The SMILES string of the molecule is CCCCC/C=C\C/C=C\CCCCCCCC(=O)OCC(COC(=O)CCCCCCC/C=C\C/C=C\CCCCC)OC(=O)CCC(CCCCCC(C)C)OC(=O)Oc1ccc([N+](=O)[O-])cc1. The van der Waals surface area contributed by atoms with Crippen molar-refractivity contribution in [2.75, 3.05) is 13.2 Å². The van der Waals surface area contributed by atoms with E-state index in [9.17, 15) is 29.3 Å². The van der Waals surface area contributed by atoms with Gasteiger partial charge in [-0.2, -0.15) is 0 Å². The number of rotatable bonds is 45. The first-order valence-corrected chi connectivity index (χ1v) is 27.3. The normalized spacial score (nSPS) is 12.2. The quantitative estimate of drug-likeness (QED) is 0.0116. The number of allylic oxidation sites excluding steroid dienone is 8. The maximum atomic E-state index is 13.3. The molecule has 396 valence electrons. The third-order valence-electron chi connectivity index (χ3n) is 11.8. The Balaban J connectivity index is 2.67. The van der Waals surface area contributed by atoms with Crippen LogP contribution in [0.25, 0.3) is 0 Å². The largest absolute Gasteiger partial charge is 0.514 e. The molecule has 0 heterocycles. The summed E-state index contributed by atoms with van der Waals surface area (Å²) in [7, 11) is 0. The molecule has 1 atom stereocenters. The molecule has 0 spiro atoms. The molecule has 70 heavy (non-hydrogen) atoms. The van der Waals surface area contributed by atoms with Crippen LogP contribution in [0.2, 0.25) is 0 Å². The van der Waals surface area contributed by atoms with Gasteiger partial charge in [0.05, 0.1) is 4.92 Å². The topological polar surface area (TPSA) is 158 Å². The predicted molar refractivity (Wildman–Crippen MR) is 282 cm³/mol. The minimum Gasteiger partial charge on any atom is -0.462 e. The van der Waals surface area contributed by atoms with Gasteiger partial charge < -0.3 is 23.7 Å². The first-order valence-electron chi connectivity index (χ1n) is 27.3. The third kappa shape index (κ3) is 40.0. The summed E-state index contributed by atoms with van der Waals surface area (Å²) in [5.41, 5.74) is -0.143. The summed E-state index contributed by atoms with van der Waals surface area (Å²) >= 11 is 0. The summed E-state index contributed by atoms with van der Waals surface area (Å²) in [6.07, 6.45) is 43.7. The average molecular weight is 980 g/mol.